The summed E-state index contributed by atoms with van der Waals surface area (Å²) in [6.45, 7) is 0. The molecule has 0 saturated heterocycles. The molecule has 0 heterocycles. The predicted molar refractivity (Wildman–Crippen MR) is 77.2 cm³/mol. The molecule has 5 nitrogen and oxygen atoms in total. The lowest BCUT2D eigenvalue weighted by Gasteiger charge is -2.15. The summed E-state index contributed by atoms with van der Waals surface area (Å²) in [7, 11) is -5.80. The van der Waals surface area contributed by atoms with Crippen LogP contribution in [0.5, 0.6) is 5.75 Å². The first-order chi connectivity index (χ1) is 10.7. The van der Waals surface area contributed by atoms with Gasteiger partial charge in [-0.05, 0) is 37.8 Å². The van der Waals surface area contributed by atoms with Gasteiger partial charge >= 0.3 is 15.6 Å². The van der Waals surface area contributed by atoms with Crippen LogP contribution in [0.25, 0.3) is 0 Å². The molecule has 2 rings (SSSR count). The molecule has 126 valence electrons. The van der Waals surface area contributed by atoms with Crippen molar-refractivity contribution < 1.29 is 30.6 Å². The standard InChI is InChI=1S/C14H14F3NO4S/c15-14(16,17)23(20,21)22-12-9-5-4-8-11(12)18-13(19)10-6-2-1-3-7-10/h4-6,8-9H,1-3,7H2,(H,18,19). The van der Waals surface area contributed by atoms with Crippen LogP contribution in [0, 0.1) is 0 Å². The average molecular weight is 349 g/mol. The molecule has 1 amide bonds. The number of para-hydroxylation sites is 2. The Morgan fingerprint density at radius 2 is 1.87 bits per heavy atom. The van der Waals surface area contributed by atoms with Gasteiger partial charge in [-0.25, -0.2) is 0 Å². The summed E-state index contributed by atoms with van der Waals surface area (Å²) in [5.41, 5.74) is -5.17. The van der Waals surface area contributed by atoms with Gasteiger partial charge in [0.15, 0.2) is 5.75 Å². The molecule has 0 aromatic heterocycles. The van der Waals surface area contributed by atoms with Crippen LogP contribution in [0.2, 0.25) is 0 Å². The van der Waals surface area contributed by atoms with E-state index in [1.807, 2.05) is 0 Å². The molecule has 0 saturated carbocycles. The third kappa shape index (κ3) is 4.25. The minimum Gasteiger partial charge on any atom is -0.374 e. The number of allylic oxidation sites excluding steroid dienone is 1. The molecule has 1 aromatic carbocycles. The van der Waals surface area contributed by atoms with E-state index in [0.29, 0.717) is 12.0 Å². The van der Waals surface area contributed by atoms with Gasteiger partial charge in [-0.15, -0.1) is 0 Å². The summed E-state index contributed by atoms with van der Waals surface area (Å²) >= 11 is 0. The van der Waals surface area contributed by atoms with Crippen LogP contribution in [0.15, 0.2) is 35.9 Å². The topological polar surface area (TPSA) is 72.5 Å². The van der Waals surface area contributed by atoms with Crippen molar-refractivity contribution in [3.05, 3.63) is 35.9 Å². The highest BCUT2D eigenvalue weighted by molar-refractivity contribution is 7.88. The second-order valence-corrected chi connectivity index (χ2v) is 6.45. The predicted octanol–water partition coefficient (Wildman–Crippen LogP) is 3.35. The second-order valence-electron chi connectivity index (χ2n) is 4.91. The largest absolute Gasteiger partial charge is 0.534 e. The number of nitrogens with one attached hydrogen (secondary N) is 1. The maximum absolute atomic E-state index is 12.4. The number of hydrogen-bond donors (Lipinski definition) is 1. The molecule has 0 aliphatic heterocycles. The SMILES string of the molecule is O=C(Nc1ccccc1OS(=O)(=O)C(F)(F)F)C1=CCCCC1. The Balaban J connectivity index is 2.21. The minimum atomic E-state index is -5.80. The number of carbonyl (C=O) groups is 1. The fourth-order valence-electron chi connectivity index (χ4n) is 2.05. The van der Waals surface area contributed by atoms with E-state index in [-0.39, 0.29) is 5.69 Å². The Morgan fingerprint density at radius 3 is 2.48 bits per heavy atom. The zero-order chi connectivity index (χ0) is 17.1. The highest BCUT2D eigenvalue weighted by Crippen LogP contribution is 2.32. The van der Waals surface area contributed by atoms with Crippen LogP contribution < -0.4 is 9.50 Å². The van der Waals surface area contributed by atoms with E-state index < -0.39 is 27.3 Å². The minimum absolute atomic E-state index is 0.142. The van der Waals surface area contributed by atoms with Gasteiger partial charge in [0.2, 0.25) is 0 Å². The van der Waals surface area contributed by atoms with E-state index in [1.165, 1.54) is 18.2 Å². The van der Waals surface area contributed by atoms with Gasteiger partial charge in [-0.1, -0.05) is 18.2 Å². The van der Waals surface area contributed by atoms with Crippen molar-refractivity contribution in [1.29, 1.82) is 0 Å². The quantitative estimate of drug-likeness (QED) is 0.668. The van der Waals surface area contributed by atoms with Crippen molar-refractivity contribution in [1.82, 2.24) is 0 Å². The average Bonchev–Trinajstić information content (AvgIpc) is 2.48. The Morgan fingerprint density at radius 1 is 1.17 bits per heavy atom. The normalized spacial score (nSPS) is 15.7. The molecule has 1 aromatic rings. The maximum Gasteiger partial charge on any atom is 0.534 e. The number of hydrogen-bond acceptors (Lipinski definition) is 4. The van der Waals surface area contributed by atoms with Gasteiger partial charge in [0.05, 0.1) is 5.69 Å². The van der Waals surface area contributed by atoms with Gasteiger partial charge < -0.3 is 9.50 Å². The highest BCUT2D eigenvalue weighted by Gasteiger charge is 2.48. The van der Waals surface area contributed by atoms with Gasteiger partial charge in [0.25, 0.3) is 5.91 Å². The van der Waals surface area contributed by atoms with E-state index in [4.69, 9.17) is 0 Å². The number of alkyl halides is 3. The Kier molecular flexibility index (Phi) is 4.98. The summed E-state index contributed by atoms with van der Waals surface area (Å²) in [5, 5.41) is 2.39. The highest BCUT2D eigenvalue weighted by atomic mass is 32.2. The van der Waals surface area contributed by atoms with Gasteiger partial charge in [0, 0.05) is 5.57 Å². The van der Waals surface area contributed by atoms with E-state index in [0.717, 1.165) is 25.3 Å². The lowest BCUT2D eigenvalue weighted by Crippen LogP contribution is -2.28. The molecule has 9 heteroatoms. The van der Waals surface area contributed by atoms with Crippen LogP contribution in [0.3, 0.4) is 0 Å². The van der Waals surface area contributed by atoms with Crippen molar-refractivity contribution in [2.45, 2.75) is 31.2 Å². The number of halogens is 3. The summed E-state index contributed by atoms with van der Waals surface area (Å²) in [4.78, 5) is 12.1. The zero-order valence-electron chi connectivity index (χ0n) is 11.9. The molecule has 0 spiro atoms. The molecule has 0 unspecified atom stereocenters. The third-order valence-corrected chi connectivity index (χ3v) is 4.17. The molecule has 0 atom stereocenters. The molecule has 0 bridgehead atoms. The van der Waals surface area contributed by atoms with E-state index in [9.17, 15) is 26.4 Å². The van der Waals surface area contributed by atoms with Crippen molar-refractivity contribution in [2.24, 2.45) is 0 Å². The number of rotatable bonds is 4. The molecule has 0 fully saturated rings. The summed E-state index contributed by atoms with van der Waals surface area (Å²) in [6, 6.07) is 5.05. The molecule has 23 heavy (non-hydrogen) atoms. The fourth-order valence-corrected chi connectivity index (χ4v) is 2.53. The first kappa shape index (κ1) is 17.3. The molecule has 0 radical (unpaired) electrons. The lowest BCUT2D eigenvalue weighted by atomic mass is 9.99. The number of anilines is 1. The van der Waals surface area contributed by atoms with Crippen LogP contribution >= 0.6 is 0 Å². The van der Waals surface area contributed by atoms with E-state index in [1.54, 1.807) is 6.08 Å². The molecule has 1 aliphatic rings. The van der Waals surface area contributed by atoms with Crippen LogP contribution in [-0.2, 0) is 14.9 Å². The van der Waals surface area contributed by atoms with Crippen molar-refractivity contribution in [3.8, 4) is 5.75 Å². The first-order valence-corrected chi connectivity index (χ1v) is 8.22. The van der Waals surface area contributed by atoms with Crippen LogP contribution in [0.1, 0.15) is 25.7 Å². The fraction of sp³-hybridized carbons (Fsp3) is 0.357. The Bertz CT molecular complexity index is 726. The van der Waals surface area contributed by atoms with Crippen LogP contribution in [-0.4, -0.2) is 19.8 Å². The van der Waals surface area contributed by atoms with E-state index in [2.05, 4.69) is 9.50 Å². The van der Waals surface area contributed by atoms with Crippen molar-refractivity contribution in [3.63, 3.8) is 0 Å². The van der Waals surface area contributed by atoms with Gasteiger partial charge in [-0.3, -0.25) is 4.79 Å². The molecule has 1 aliphatic carbocycles. The number of carbonyl (C=O) groups excluding carboxylic acids is 1. The summed E-state index contributed by atoms with van der Waals surface area (Å²) in [6.07, 6.45) is 4.90. The smallest absolute Gasteiger partial charge is 0.374 e. The van der Waals surface area contributed by atoms with Crippen molar-refractivity contribution in [2.75, 3.05) is 5.32 Å². The van der Waals surface area contributed by atoms with Gasteiger partial charge in [0.1, 0.15) is 0 Å². The van der Waals surface area contributed by atoms with Gasteiger partial charge in [-0.2, -0.15) is 21.6 Å². The van der Waals surface area contributed by atoms with Crippen LogP contribution in [0.4, 0.5) is 18.9 Å². The maximum atomic E-state index is 12.4. The Hall–Kier alpha value is -2.03. The second kappa shape index (κ2) is 6.61. The summed E-state index contributed by atoms with van der Waals surface area (Å²) < 4.78 is 63.5. The van der Waals surface area contributed by atoms with E-state index >= 15 is 0 Å². The molecular weight excluding hydrogens is 335 g/mol. The number of benzene rings is 1. The zero-order valence-corrected chi connectivity index (χ0v) is 12.7. The lowest BCUT2D eigenvalue weighted by molar-refractivity contribution is -0.113. The molecule has 1 N–H and O–H groups in total. The Labute approximate surface area is 131 Å². The molecular formula is C14H14F3NO4S. The monoisotopic (exact) mass is 349 g/mol. The summed E-state index contributed by atoms with van der Waals surface area (Å²) in [5.74, 6) is -1.07. The third-order valence-electron chi connectivity index (χ3n) is 3.20. The van der Waals surface area contributed by atoms with Crippen molar-refractivity contribution >= 4 is 21.7 Å². The first-order valence-electron chi connectivity index (χ1n) is 6.81. The number of amides is 1.